The Morgan fingerprint density at radius 2 is 2.08 bits per heavy atom. The first-order valence-corrected chi connectivity index (χ1v) is 3.83. The molecule has 0 fully saturated rings. The second kappa shape index (κ2) is 8.04. The van der Waals surface area contributed by atoms with Gasteiger partial charge in [0.1, 0.15) is 6.04 Å². The van der Waals surface area contributed by atoms with Crippen molar-refractivity contribution in [2.75, 3.05) is 6.54 Å². The summed E-state index contributed by atoms with van der Waals surface area (Å²) in [5.41, 5.74) is 5.18. The number of aliphatic carboxylic acids is 1. The van der Waals surface area contributed by atoms with Crippen molar-refractivity contribution in [1.29, 1.82) is 0 Å². The van der Waals surface area contributed by atoms with Gasteiger partial charge in [0.25, 0.3) is 0 Å². The van der Waals surface area contributed by atoms with Crippen LogP contribution in [0.25, 0.3) is 0 Å². The van der Waals surface area contributed by atoms with Gasteiger partial charge in [-0.25, -0.2) is 0 Å². The molecule has 78 valence electrons. The van der Waals surface area contributed by atoms with E-state index in [2.05, 4.69) is 5.32 Å². The van der Waals surface area contributed by atoms with Crippen molar-refractivity contribution in [3.63, 3.8) is 0 Å². The van der Waals surface area contributed by atoms with Gasteiger partial charge in [-0.3, -0.25) is 9.59 Å². The van der Waals surface area contributed by atoms with E-state index in [1.165, 1.54) is 0 Å². The van der Waals surface area contributed by atoms with E-state index in [0.29, 0.717) is 6.54 Å². The summed E-state index contributed by atoms with van der Waals surface area (Å²) >= 11 is 0. The molecule has 0 aliphatic rings. The number of hydrogen-bond donors (Lipinski definition) is 3. The summed E-state index contributed by atoms with van der Waals surface area (Å²) in [6.07, 6.45) is 0.350. The van der Waals surface area contributed by atoms with Gasteiger partial charge in [0, 0.05) is 13.0 Å². The van der Waals surface area contributed by atoms with Crippen LogP contribution in [0.4, 0.5) is 0 Å². The fourth-order valence-corrected chi connectivity index (χ4v) is 0.696. The summed E-state index contributed by atoms with van der Waals surface area (Å²) in [5, 5.41) is 10.9. The molecule has 13 heavy (non-hydrogen) atoms. The molecule has 4 N–H and O–H groups in total. The van der Waals surface area contributed by atoms with Gasteiger partial charge in [-0.15, -0.1) is 0 Å². The van der Waals surface area contributed by atoms with Crippen LogP contribution in [0.2, 0.25) is 0 Å². The minimum absolute atomic E-state index is 0. The van der Waals surface area contributed by atoms with Crippen molar-refractivity contribution in [3.8, 4) is 0 Å². The van der Waals surface area contributed by atoms with E-state index < -0.39 is 12.0 Å². The number of amides is 1. The van der Waals surface area contributed by atoms with E-state index in [-0.39, 0.29) is 35.8 Å². The molecule has 0 heterocycles. The van der Waals surface area contributed by atoms with E-state index in [0.717, 1.165) is 0 Å². The van der Waals surface area contributed by atoms with Gasteiger partial charge in [0.2, 0.25) is 5.91 Å². The molecule has 0 radical (unpaired) electrons. The molecule has 0 saturated heterocycles. The van der Waals surface area contributed by atoms with Gasteiger partial charge >= 0.3 is 23.0 Å². The molecule has 0 aliphatic heterocycles. The van der Waals surface area contributed by atoms with E-state index in [1.54, 1.807) is 6.92 Å². The van der Waals surface area contributed by atoms with Crippen molar-refractivity contribution < 1.29 is 14.7 Å². The summed E-state index contributed by atoms with van der Waals surface area (Å²) in [7, 11) is 0. The number of hydrogen-bond acceptors (Lipinski definition) is 3. The topological polar surface area (TPSA) is 92.4 Å². The first kappa shape index (κ1) is 14.9. The Kier molecular flexibility index (Phi) is 9.22. The number of nitrogens with one attached hydrogen (secondary N) is 1. The number of carbonyl (C=O) groups is 2. The fraction of sp³-hybridized carbons (Fsp3) is 0.714. The third-order valence-electron chi connectivity index (χ3n) is 1.37. The standard InChI is InChI=1S/C7H14N2O3.H2Se/c1-2-9-6(10)4-3-5(8)7(11)12;/h5H,2-4,8H2,1H3,(H,9,10)(H,11,12);1H2. The van der Waals surface area contributed by atoms with Crippen LogP contribution in [0.15, 0.2) is 0 Å². The molecule has 0 spiro atoms. The van der Waals surface area contributed by atoms with Crippen molar-refractivity contribution in [2.24, 2.45) is 5.73 Å². The molecular weight excluding hydrogens is 239 g/mol. The zero-order valence-electron chi connectivity index (χ0n) is 7.54. The zero-order chi connectivity index (χ0) is 9.56. The Hall–Kier alpha value is -0.581. The number of rotatable bonds is 5. The molecule has 5 nitrogen and oxygen atoms in total. The number of carboxylic acid groups (broad SMARTS) is 1. The second-order valence-electron chi connectivity index (χ2n) is 2.44. The summed E-state index contributed by atoms with van der Waals surface area (Å²) in [6, 6.07) is -0.937. The average Bonchev–Trinajstić information content (AvgIpc) is 2.00. The molecule has 6 heteroatoms. The maximum atomic E-state index is 10.8. The molecule has 1 amide bonds. The van der Waals surface area contributed by atoms with E-state index in [1.807, 2.05) is 0 Å². The van der Waals surface area contributed by atoms with Crippen molar-refractivity contribution in [2.45, 2.75) is 25.8 Å². The van der Waals surface area contributed by atoms with Crippen LogP contribution in [0, 0.1) is 0 Å². The van der Waals surface area contributed by atoms with Crippen LogP contribution >= 0.6 is 0 Å². The molecule has 0 rings (SSSR count). The third kappa shape index (κ3) is 7.77. The van der Waals surface area contributed by atoms with Gasteiger partial charge in [-0.2, -0.15) is 0 Å². The molecule has 1 atom stereocenters. The molecule has 0 aromatic carbocycles. The van der Waals surface area contributed by atoms with Gasteiger partial charge < -0.3 is 16.2 Å². The van der Waals surface area contributed by atoms with Crippen LogP contribution < -0.4 is 11.1 Å². The SMILES string of the molecule is CCNC(=O)CCC(N)C(=O)O.[SeH2]. The van der Waals surface area contributed by atoms with Crippen LogP contribution in [0.3, 0.4) is 0 Å². The first-order valence-electron chi connectivity index (χ1n) is 3.83. The molecule has 0 aromatic heterocycles. The molecular formula is C7H16N2O3Se. The molecule has 1 unspecified atom stereocenters. The summed E-state index contributed by atoms with van der Waals surface area (Å²) < 4.78 is 0. The Morgan fingerprint density at radius 1 is 1.54 bits per heavy atom. The first-order chi connectivity index (χ1) is 5.57. The predicted octanol–water partition coefficient (Wildman–Crippen LogP) is -1.60. The summed E-state index contributed by atoms with van der Waals surface area (Å²) in [4.78, 5) is 21.0. The van der Waals surface area contributed by atoms with Gasteiger partial charge in [0.05, 0.1) is 0 Å². The Morgan fingerprint density at radius 3 is 2.46 bits per heavy atom. The fourth-order valence-electron chi connectivity index (χ4n) is 0.696. The van der Waals surface area contributed by atoms with Crippen LogP contribution in [0.5, 0.6) is 0 Å². The Bertz CT molecular complexity index is 175. The molecule has 0 aliphatic carbocycles. The number of carbonyl (C=O) groups excluding carboxylic acids is 1. The van der Waals surface area contributed by atoms with Crippen LogP contribution in [-0.2, 0) is 9.59 Å². The second-order valence-corrected chi connectivity index (χ2v) is 2.44. The third-order valence-corrected chi connectivity index (χ3v) is 1.37. The molecule has 0 saturated carbocycles. The quantitative estimate of drug-likeness (QED) is 0.516. The van der Waals surface area contributed by atoms with E-state index in [4.69, 9.17) is 10.8 Å². The van der Waals surface area contributed by atoms with Gasteiger partial charge in [-0.1, -0.05) is 0 Å². The van der Waals surface area contributed by atoms with Crippen LogP contribution in [-0.4, -0.2) is 46.6 Å². The monoisotopic (exact) mass is 256 g/mol. The zero-order valence-corrected chi connectivity index (χ0v) is 9.64. The molecule has 0 bridgehead atoms. The normalized spacial score (nSPS) is 11.2. The van der Waals surface area contributed by atoms with E-state index in [9.17, 15) is 9.59 Å². The number of carboxylic acids is 1. The summed E-state index contributed by atoms with van der Waals surface area (Å²) in [5.74, 6) is -1.23. The molecule has 0 aromatic rings. The maximum absolute atomic E-state index is 10.8. The van der Waals surface area contributed by atoms with Crippen molar-refractivity contribution in [3.05, 3.63) is 0 Å². The van der Waals surface area contributed by atoms with Crippen LogP contribution in [0.1, 0.15) is 19.8 Å². The van der Waals surface area contributed by atoms with Crippen molar-refractivity contribution >= 4 is 28.9 Å². The summed E-state index contributed by atoms with van der Waals surface area (Å²) in [6.45, 7) is 2.36. The van der Waals surface area contributed by atoms with Crippen molar-refractivity contribution in [1.82, 2.24) is 5.32 Å². The van der Waals surface area contributed by atoms with Gasteiger partial charge in [-0.05, 0) is 13.3 Å². The average molecular weight is 255 g/mol. The Balaban J connectivity index is 0. The number of nitrogens with two attached hydrogens (primary N) is 1. The van der Waals surface area contributed by atoms with E-state index >= 15 is 0 Å². The Labute approximate surface area is 87.5 Å². The minimum atomic E-state index is -1.07. The van der Waals surface area contributed by atoms with Gasteiger partial charge in [0.15, 0.2) is 0 Å². The predicted molar refractivity (Wildman–Crippen MR) is 52.1 cm³/mol.